The van der Waals surface area contributed by atoms with E-state index in [4.69, 9.17) is 40.5 Å². The van der Waals surface area contributed by atoms with Gasteiger partial charge in [-0.3, -0.25) is 4.79 Å². The Morgan fingerprint density at radius 3 is 2.56 bits per heavy atom. The van der Waals surface area contributed by atoms with Gasteiger partial charge >= 0.3 is 5.97 Å². The maximum atomic E-state index is 12.8. The Morgan fingerprint density at radius 1 is 1.30 bits per heavy atom. The third-order valence-electron chi connectivity index (χ3n) is 4.64. The third kappa shape index (κ3) is 3.91. The zero-order valence-corrected chi connectivity index (χ0v) is 16.6. The van der Waals surface area contributed by atoms with E-state index in [0.717, 1.165) is 0 Å². The fourth-order valence-electron chi connectivity index (χ4n) is 3.22. The highest BCUT2D eigenvalue weighted by molar-refractivity contribution is 6.44. The fraction of sp³-hybridized carbons (Fsp3) is 0.353. The van der Waals surface area contributed by atoms with Crippen molar-refractivity contribution in [1.82, 2.24) is 9.97 Å². The van der Waals surface area contributed by atoms with Crippen LogP contribution >= 0.6 is 34.8 Å². The first-order valence-corrected chi connectivity index (χ1v) is 9.33. The van der Waals surface area contributed by atoms with E-state index in [1.807, 2.05) is 0 Å². The predicted molar refractivity (Wildman–Crippen MR) is 104 cm³/mol. The summed E-state index contributed by atoms with van der Waals surface area (Å²) in [5.41, 5.74) is 7.19. The average molecular weight is 432 g/mol. The van der Waals surface area contributed by atoms with Crippen LogP contribution in [-0.4, -0.2) is 39.5 Å². The number of carbonyl (C=O) groups is 2. The molecule has 2 aromatic heterocycles. The topological polar surface area (TPSA) is 112 Å². The van der Waals surface area contributed by atoms with Crippen molar-refractivity contribution >= 4 is 52.4 Å². The Morgan fingerprint density at radius 2 is 2.00 bits per heavy atom. The standard InChI is InChI=1S/C17H17Cl3N4O3/c1-7-13(19)14(20)15(22-7)16(25)8-2-3-24(11(21)5-8)12-6-9(17(26)27)4-10(18)23-12/h4,6,8,11,22H,2-3,5,21H2,1H3,(H,26,27). The number of carboxylic acids is 1. The number of aromatic amines is 1. The molecular weight excluding hydrogens is 415 g/mol. The number of nitrogens with one attached hydrogen (secondary N) is 1. The molecule has 27 heavy (non-hydrogen) atoms. The molecule has 10 heteroatoms. The second-order valence-electron chi connectivity index (χ2n) is 6.44. The van der Waals surface area contributed by atoms with Gasteiger partial charge in [0.2, 0.25) is 0 Å². The lowest BCUT2D eigenvalue weighted by atomic mass is 9.89. The summed E-state index contributed by atoms with van der Waals surface area (Å²) in [4.78, 5) is 32.9. The number of hydrogen-bond donors (Lipinski definition) is 3. The van der Waals surface area contributed by atoms with Gasteiger partial charge in [0.25, 0.3) is 0 Å². The molecule has 0 spiro atoms. The average Bonchev–Trinajstić information content (AvgIpc) is 2.87. The lowest BCUT2D eigenvalue weighted by Gasteiger charge is -2.37. The summed E-state index contributed by atoms with van der Waals surface area (Å²) >= 11 is 18.1. The van der Waals surface area contributed by atoms with Crippen molar-refractivity contribution in [2.45, 2.75) is 25.9 Å². The number of halogens is 3. The highest BCUT2D eigenvalue weighted by Crippen LogP contribution is 2.34. The molecule has 0 aliphatic carbocycles. The Labute approximate surface area is 170 Å². The molecule has 7 nitrogen and oxygen atoms in total. The summed E-state index contributed by atoms with van der Waals surface area (Å²) < 4.78 is 0. The molecule has 3 heterocycles. The summed E-state index contributed by atoms with van der Waals surface area (Å²) in [5.74, 6) is -1.21. The first-order chi connectivity index (χ1) is 12.7. The number of nitrogens with two attached hydrogens (primary N) is 1. The maximum absolute atomic E-state index is 12.8. The molecule has 0 radical (unpaired) electrons. The van der Waals surface area contributed by atoms with Gasteiger partial charge in [-0.05, 0) is 31.9 Å². The second-order valence-corrected chi connectivity index (χ2v) is 7.58. The van der Waals surface area contributed by atoms with Crippen molar-refractivity contribution in [3.8, 4) is 0 Å². The lowest BCUT2D eigenvalue weighted by Crippen LogP contribution is -2.50. The summed E-state index contributed by atoms with van der Waals surface area (Å²) in [6.45, 7) is 2.17. The first kappa shape index (κ1) is 19.9. The number of carboxylic acid groups (broad SMARTS) is 1. The van der Waals surface area contributed by atoms with Crippen molar-refractivity contribution < 1.29 is 14.7 Å². The van der Waals surface area contributed by atoms with E-state index in [0.29, 0.717) is 41.6 Å². The number of piperidine rings is 1. The number of hydrogen-bond acceptors (Lipinski definition) is 5. The number of nitrogens with zero attached hydrogens (tertiary/aromatic N) is 2. The molecule has 2 aromatic rings. The molecule has 144 valence electrons. The molecule has 3 rings (SSSR count). The second kappa shape index (κ2) is 7.67. The predicted octanol–water partition coefficient (Wildman–Crippen LogP) is 3.76. The number of rotatable bonds is 4. The van der Waals surface area contributed by atoms with Crippen molar-refractivity contribution in [2.75, 3.05) is 11.4 Å². The monoisotopic (exact) mass is 430 g/mol. The van der Waals surface area contributed by atoms with E-state index < -0.39 is 12.1 Å². The number of ketones is 1. The van der Waals surface area contributed by atoms with E-state index in [-0.39, 0.29) is 27.4 Å². The van der Waals surface area contributed by atoms with Gasteiger partial charge in [0.1, 0.15) is 16.7 Å². The zero-order valence-electron chi connectivity index (χ0n) is 14.3. The van der Waals surface area contributed by atoms with Gasteiger partial charge in [0, 0.05) is 18.2 Å². The number of anilines is 1. The summed E-state index contributed by atoms with van der Waals surface area (Å²) in [7, 11) is 0. The summed E-state index contributed by atoms with van der Waals surface area (Å²) in [5, 5.41) is 9.81. The van der Waals surface area contributed by atoms with Crippen molar-refractivity contribution in [3.05, 3.63) is 44.3 Å². The number of Topliss-reactive ketones (excluding diaryl/α,β-unsaturated/α-hetero) is 1. The number of aromatic nitrogens is 2. The van der Waals surface area contributed by atoms with Crippen LogP contribution in [0.25, 0.3) is 0 Å². The molecule has 4 N–H and O–H groups in total. The van der Waals surface area contributed by atoms with Crippen LogP contribution in [0.5, 0.6) is 0 Å². The van der Waals surface area contributed by atoms with Crippen LogP contribution in [0.2, 0.25) is 15.2 Å². The maximum Gasteiger partial charge on any atom is 0.335 e. The van der Waals surface area contributed by atoms with E-state index >= 15 is 0 Å². The van der Waals surface area contributed by atoms with Crippen molar-refractivity contribution in [1.29, 1.82) is 0 Å². The molecule has 0 amide bonds. The van der Waals surface area contributed by atoms with Crippen LogP contribution < -0.4 is 10.6 Å². The number of H-pyrrole nitrogens is 1. The molecule has 1 aliphatic rings. The number of aromatic carboxylic acids is 1. The van der Waals surface area contributed by atoms with E-state index in [1.165, 1.54) is 12.1 Å². The Balaban J connectivity index is 1.79. The molecule has 1 aliphatic heterocycles. The molecule has 1 fully saturated rings. The summed E-state index contributed by atoms with van der Waals surface area (Å²) in [6.07, 6.45) is 0.349. The fourth-order valence-corrected chi connectivity index (χ4v) is 3.85. The van der Waals surface area contributed by atoms with Crippen molar-refractivity contribution in [3.63, 3.8) is 0 Å². The molecule has 2 unspecified atom stereocenters. The molecular formula is C17H17Cl3N4O3. The minimum Gasteiger partial charge on any atom is -0.478 e. The highest BCUT2D eigenvalue weighted by Gasteiger charge is 2.34. The van der Waals surface area contributed by atoms with Crippen LogP contribution in [0.3, 0.4) is 0 Å². The minimum atomic E-state index is -1.10. The van der Waals surface area contributed by atoms with Gasteiger partial charge in [-0.1, -0.05) is 34.8 Å². The van der Waals surface area contributed by atoms with Gasteiger partial charge in [0.05, 0.1) is 21.8 Å². The number of aryl methyl sites for hydroxylation is 1. The number of carbonyl (C=O) groups excluding carboxylic acids is 1. The molecule has 0 saturated carbocycles. The molecule has 1 saturated heterocycles. The van der Waals surface area contributed by atoms with Crippen LogP contribution in [0, 0.1) is 12.8 Å². The largest absolute Gasteiger partial charge is 0.478 e. The van der Waals surface area contributed by atoms with Gasteiger partial charge in [-0.2, -0.15) is 0 Å². The SMILES string of the molecule is Cc1[nH]c(C(=O)C2CCN(c3cc(C(=O)O)cc(Cl)n3)C(N)C2)c(Cl)c1Cl. The highest BCUT2D eigenvalue weighted by atomic mass is 35.5. The Kier molecular flexibility index (Phi) is 5.67. The Bertz CT molecular complexity index is 915. The van der Waals surface area contributed by atoms with Gasteiger partial charge < -0.3 is 20.7 Å². The van der Waals surface area contributed by atoms with E-state index in [1.54, 1.807) is 11.8 Å². The summed E-state index contributed by atoms with van der Waals surface area (Å²) in [6, 6.07) is 2.69. The molecule has 2 atom stereocenters. The zero-order chi connectivity index (χ0) is 19.9. The van der Waals surface area contributed by atoms with Gasteiger partial charge in [0.15, 0.2) is 5.78 Å². The lowest BCUT2D eigenvalue weighted by molar-refractivity contribution is 0.0696. The number of pyridine rings is 1. The van der Waals surface area contributed by atoms with Crippen molar-refractivity contribution in [2.24, 2.45) is 11.7 Å². The van der Waals surface area contributed by atoms with Crippen LogP contribution in [-0.2, 0) is 0 Å². The van der Waals surface area contributed by atoms with E-state index in [9.17, 15) is 14.7 Å². The van der Waals surface area contributed by atoms with Crippen LogP contribution in [0.15, 0.2) is 12.1 Å². The van der Waals surface area contributed by atoms with Gasteiger partial charge in [-0.25, -0.2) is 9.78 Å². The smallest absolute Gasteiger partial charge is 0.335 e. The van der Waals surface area contributed by atoms with Crippen LogP contribution in [0.1, 0.15) is 39.4 Å². The quantitative estimate of drug-likeness (QED) is 0.502. The molecule has 0 bridgehead atoms. The minimum absolute atomic E-state index is 0.0266. The third-order valence-corrected chi connectivity index (χ3v) is 5.78. The van der Waals surface area contributed by atoms with E-state index in [2.05, 4.69) is 9.97 Å². The van der Waals surface area contributed by atoms with Crippen LogP contribution in [0.4, 0.5) is 5.82 Å². The normalized spacial score (nSPS) is 20.0. The van der Waals surface area contributed by atoms with Gasteiger partial charge in [-0.15, -0.1) is 0 Å². The molecule has 0 aromatic carbocycles. The Hall–Kier alpha value is -1.80. The first-order valence-electron chi connectivity index (χ1n) is 8.20.